The molecule has 0 aliphatic rings. The number of nitrogens with zero attached hydrogens (tertiary/aromatic N) is 1. The fourth-order valence-corrected chi connectivity index (χ4v) is 2.57. The first-order valence-electron chi connectivity index (χ1n) is 6.55. The summed E-state index contributed by atoms with van der Waals surface area (Å²) in [6.45, 7) is 0. The van der Waals surface area contributed by atoms with E-state index in [-0.39, 0.29) is 5.56 Å². The topological polar surface area (TPSA) is 72.0 Å². The Balaban J connectivity index is 1.85. The molecule has 21 heavy (non-hydrogen) atoms. The van der Waals surface area contributed by atoms with E-state index >= 15 is 0 Å². The maximum absolute atomic E-state index is 11.7. The van der Waals surface area contributed by atoms with Crippen LogP contribution >= 0.6 is 11.8 Å². The lowest BCUT2D eigenvalue weighted by Gasteiger charge is -2.03. The first kappa shape index (κ1) is 15.3. The predicted molar refractivity (Wildman–Crippen MR) is 81.7 cm³/mol. The highest BCUT2D eigenvalue weighted by molar-refractivity contribution is 7.99. The molecule has 0 fully saturated rings. The zero-order chi connectivity index (χ0) is 15.1. The molecule has 0 amide bonds. The Morgan fingerprint density at radius 1 is 1.33 bits per heavy atom. The number of aromatic nitrogens is 2. The van der Waals surface area contributed by atoms with Crippen LogP contribution in [0, 0.1) is 0 Å². The van der Waals surface area contributed by atoms with Crippen LogP contribution in [0.1, 0.15) is 22.3 Å². The van der Waals surface area contributed by atoms with Crippen LogP contribution in [0.25, 0.3) is 0 Å². The number of ether oxygens (including phenoxy) is 1. The number of benzene rings is 1. The molecular weight excluding hydrogens is 288 g/mol. The van der Waals surface area contributed by atoms with Gasteiger partial charge in [0, 0.05) is 11.9 Å². The molecule has 0 aliphatic heterocycles. The fourth-order valence-electron chi connectivity index (χ4n) is 1.80. The van der Waals surface area contributed by atoms with Gasteiger partial charge in [-0.1, -0.05) is 42.1 Å². The Hall–Kier alpha value is -2.08. The van der Waals surface area contributed by atoms with Crippen molar-refractivity contribution in [1.82, 2.24) is 9.97 Å². The van der Waals surface area contributed by atoms with Gasteiger partial charge in [0.25, 0.3) is 5.56 Å². The second-order valence-electron chi connectivity index (χ2n) is 4.36. The van der Waals surface area contributed by atoms with E-state index < -0.39 is 11.5 Å². The van der Waals surface area contributed by atoms with Crippen molar-refractivity contribution < 1.29 is 9.53 Å². The molecule has 1 aromatic heterocycles. The van der Waals surface area contributed by atoms with E-state index in [1.807, 2.05) is 18.2 Å². The standard InChI is InChI=1S/C15H16N2O3S/c1-20-14(19)12-10-16-15(17-13(12)18)21-9-5-8-11-6-3-2-4-7-11/h2-4,6-7,10H,5,8-9H2,1H3,(H,16,17,18). The number of rotatable bonds is 6. The Bertz CT molecular complexity index is 655. The molecule has 2 rings (SSSR count). The molecule has 0 saturated heterocycles. The summed E-state index contributed by atoms with van der Waals surface area (Å²) < 4.78 is 4.50. The van der Waals surface area contributed by atoms with Crippen LogP contribution in [0.3, 0.4) is 0 Å². The number of hydrogen-bond acceptors (Lipinski definition) is 5. The first-order valence-corrected chi connectivity index (χ1v) is 7.53. The molecule has 0 saturated carbocycles. The smallest absolute Gasteiger partial charge is 0.345 e. The molecule has 0 radical (unpaired) electrons. The molecule has 0 aliphatic carbocycles. The van der Waals surface area contributed by atoms with E-state index in [2.05, 4.69) is 26.8 Å². The highest BCUT2D eigenvalue weighted by Crippen LogP contribution is 2.14. The number of aromatic amines is 1. The van der Waals surface area contributed by atoms with Crippen LogP contribution in [0.5, 0.6) is 0 Å². The molecule has 1 N–H and O–H groups in total. The maximum Gasteiger partial charge on any atom is 0.345 e. The minimum atomic E-state index is -0.677. The van der Waals surface area contributed by atoms with Crippen molar-refractivity contribution in [3.8, 4) is 0 Å². The average molecular weight is 304 g/mol. The van der Waals surface area contributed by atoms with Gasteiger partial charge in [0.1, 0.15) is 5.56 Å². The number of thioether (sulfide) groups is 1. The molecule has 1 heterocycles. The highest BCUT2D eigenvalue weighted by atomic mass is 32.2. The van der Waals surface area contributed by atoms with Gasteiger partial charge in [0.2, 0.25) is 0 Å². The molecule has 5 nitrogen and oxygen atoms in total. The summed E-state index contributed by atoms with van der Waals surface area (Å²) in [5.41, 5.74) is 0.745. The van der Waals surface area contributed by atoms with Crippen LogP contribution in [0.2, 0.25) is 0 Å². The van der Waals surface area contributed by atoms with Gasteiger partial charge in [-0.25, -0.2) is 9.78 Å². The zero-order valence-electron chi connectivity index (χ0n) is 11.7. The second kappa shape index (κ2) is 7.64. The number of esters is 1. The third-order valence-electron chi connectivity index (χ3n) is 2.87. The Kier molecular flexibility index (Phi) is 5.57. The van der Waals surface area contributed by atoms with Gasteiger partial charge in [0.15, 0.2) is 5.16 Å². The molecule has 110 valence electrons. The summed E-state index contributed by atoms with van der Waals surface area (Å²) >= 11 is 1.46. The van der Waals surface area contributed by atoms with Crippen molar-refractivity contribution >= 4 is 17.7 Å². The van der Waals surface area contributed by atoms with Crippen molar-refractivity contribution in [2.45, 2.75) is 18.0 Å². The van der Waals surface area contributed by atoms with Gasteiger partial charge in [-0.3, -0.25) is 4.79 Å². The molecule has 0 bridgehead atoms. The largest absolute Gasteiger partial charge is 0.465 e. The second-order valence-corrected chi connectivity index (χ2v) is 5.44. The van der Waals surface area contributed by atoms with Crippen LogP contribution < -0.4 is 5.56 Å². The molecule has 1 aromatic carbocycles. The van der Waals surface area contributed by atoms with Gasteiger partial charge >= 0.3 is 5.97 Å². The third-order valence-corrected chi connectivity index (χ3v) is 3.85. The number of H-pyrrole nitrogens is 1. The molecule has 6 heteroatoms. The van der Waals surface area contributed by atoms with Crippen molar-refractivity contribution in [2.24, 2.45) is 0 Å². The lowest BCUT2D eigenvalue weighted by atomic mass is 10.1. The molecule has 0 unspecified atom stereocenters. The Morgan fingerprint density at radius 3 is 2.76 bits per heavy atom. The predicted octanol–water partition coefficient (Wildman–Crippen LogP) is 2.28. The monoisotopic (exact) mass is 304 g/mol. The number of aryl methyl sites for hydroxylation is 1. The molecule has 0 spiro atoms. The van der Waals surface area contributed by atoms with Crippen molar-refractivity contribution in [2.75, 3.05) is 12.9 Å². The van der Waals surface area contributed by atoms with Gasteiger partial charge in [0.05, 0.1) is 7.11 Å². The van der Waals surface area contributed by atoms with Crippen molar-refractivity contribution in [3.05, 3.63) is 58.0 Å². The van der Waals surface area contributed by atoms with Crippen molar-refractivity contribution in [1.29, 1.82) is 0 Å². The molecular formula is C15H16N2O3S. The number of nitrogens with one attached hydrogen (secondary N) is 1. The van der Waals surface area contributed by atoms with Crippen LogP contribution in [0.4, 0.5) is 0 Å². The lowest BCUT2D eigenvalue weighted by molar-refractivity contribution is 0.0598. The van der Waals surface area contributed by atoms with Gasteiger partial charge < -0.3 is 9.72 Å². The summed E-state index contributed by atoms with van der Waals surface area (Å²) in [5.74, 6) is 0.166. The van der Waals surface area contributed by atoms with E-state index in [1.54, 1.807) is 0 Å². The highest BCUT2D eigenvalue weighted by Gasteiger charge is 2.11. The SMILES string of the molecule is COC(=O)c1cnc(SCCCc2ccccc2)[nH]c1=O. The van der Waals surface area contributed by atoms with Gasteiger partial charge in [-0.2, -0.15) is 0 Å². The van der Waals surface area contributed by atoms with Gasteiger partial charge in [-0.05, 0) is 18.4 Å². The minimum absolute atomic E-state index is 0.0777. The van der Waals surface area contributed by atoms with Crippen LogP contribution in [-0.2, 0) is 11.2 Å². The Labute approximate surface area is 126 Å². The van der Waals surface area contributed by atoms with Crippen LogP contribution in [0.15, 0.2) is 46.5 Å². The first-order chi connectivity index (χ1) is 10.2. The normalized spacial score (nSPS) is 10.3. The van der Waals surface area contributed by atoms with E-state index in [9.17, 15) is 9.59 Å². The lowest BCUT2D eigenvalue weighted by Crippen LogP contribution is -2.20. The number of carbonyl (C=O) groups is 1. The third kappa shape index (κ3) is 4.46. The summed E-state index contributed by atoms with van der Waals surface area (Å²) in [5, 5.41) is 0.515. The summed E-state index contributed by atoms with van der Waals surface area (Å²) in [6.07, 6.45) is 3.22. The maximum atomic E-state index is 11.7. The van der Waals surface area contributed by atoms with Crippen molar-refractivity contribution in [3.63, 3.8) is 0 Å². The zero-order valence-corrected chi connectivity index (χ0v) is 12.5. The molecule has 0 atom stereocenters. The van der Waals surface area contributed by atoms with Gasteiger partial charge in [-0.15, -0.1) is 0 Å². The van der Waals surface area contributed by atoms with Crippen LogP contribution in [-0.4, -0.2) is 28.8 Å². The summed E-state index contributed by atoms with van der Waals surface area (Å²) in [7, 11) is 1.23. The Morgan fingerprint density at radius 2 is 2.10 bits per heavy atom. The molecule has 2 aromatic rings. The average Bonchev–Trinajstić information content (AvgIpc) is 2.52. The number of methoxy groups -OCH3 is 1. The number of hydrogen-bond donors (Lipinski definition) is 1. The van der Waals surface area contributed by atoms with E-state index in [4.69, 9.17) is 0 Å². The van der Waals surface area contributed by atoms with E-state index in [0.29, 0.717) is 5.16 Å². The minimum Gasteiger partial charge on any atom is -0.465 e. The fraction of sp³-hybridized carbons (Fsp3) is 0.267. The number of carbonyl (C=O) groups excluding carboxylic acids is 1. The van der Waals surface area contributed by atoms with E-state index in [1.165, 1.54) is 30.6 Å². The summed E-state index contributed by atoms with van der Waals surface area (Å²) in [4.78, 5) is 29.6. The summed E-state index contributed by atoms with van der Waals surface area (Å²) in [6, 6.07) is 10.2. The van der Waals surface area contributed by atoms with E-state index in [0.717, 1.165) is 18.6 Å². The quantitative estimate of drug-likeness (QED) is 0.384.